The third kappa shape index (κ3) is 4.54. The van der Waals surface area contributed by atoms with Crippen molar-refractivity contribution in [2.24, 2.45) is 0 Å². The Hall–Kier alpha value is -1.40. The summed E-state index contributed by atoms with van der Waals surface area (Å²) < 4.78 is 5.19. The molecular weight excluding hydrogens is 292 g/mol. The normalized spacial score (nSPS) is 13.6. The molecular formula is C14H23ClN4O2. The lowest BCUT2D eigenvalue weighted by Gasteiger charge is -2.21. The lowest BCUT2D eigenvalue weighted by Crippen LogP contribution is -2.41. The lowest BCUT2D eigenvalue weighted by molar-refractivity contribution is 0.0732. The number of carbonyl (C=O) groups excluding carboxylic acids is 1. The molecule has 7 heteroatoms. The van der Waals surface area contributed by atoms with Gasteiger partial charge in [0.2, 0.25) is 5.95 Å². The van der Waals surface area contributed by atoms with Gasteiger partial charge in [-0.05, 0) is 27.7 Å². The summed E-state index contributed by atoms with van der Waals surface area (Å²) in [5.74, 6) is 0.175. The van der Waals surface area contributed by atoms with Crippen molar-refractivity contribution >= 4 is 23.5 Å². The van der Waals surface area contributed by atoms with Gasteiger partial charge < -0.3 is 15.0 Å². The zero-order valence-electron chi connectivity index (χ0n) is 13.2. The molecule has 2 atom stereocenters. The van der Waals surface area contributed by atoms with Crippen molar-refractivity contribution in [3.05, 3.63) is 16.9 Å². The topological polar surface area (TPSA) is 67.4 Å². The van der Waals surface area contributed by atoms with Gasteiger partial charge in [0.1, 0.15) is 0 Å². The first-order chi connectivity index (χ1) is 9.94. The van der Waals surface area contributed by atoms with E-state index >= 15 is 0 Å². The van der Waals surface area contributed by atoms with Crippen molar-refractivity contribution in [1.29, 1.82) is 0 Å². The number of hydrogen-bond acceptors (Lipinski definition) is 5. The zero-order chi connectivity index (χ0) is 16.0. The van der Waals surface area contributed by atoms with E-state index in [0.29, 0.717) is 5.95 Å². The smallest absolute Gasteiger partial charge is 0.271 e. The Kier molecular flexibility index (Phi) is 6.84. The van der Waals surface area contributed by atoms with Crippen LogP contribution in [0.2, 0.25) is 5.02 Å². The number of carbonyl (C=O) groups is 1. The molecule has 1 N–H and O–H groups in total. The van der Waals surface area contributed by atoms with Gasteiger partial charge in [-0.3, -0.25) is 4.79 Å². The maximum absolute atomic E-state index is 12.3. The molecule has 0 fully saturated rings. The summed E-state index contributed by atoms with van der Waals surface area (Å²) in [6, 6.07) is -0.148. The Bertz CT molecular complexity index is 480. The fourth-order valence-corrected chi connectivity index (χ4v) is 1.95. The summed E-state index contributed by atoms with van der Waals surface area (Å²) in [6.45, 7) is 9.28. The van der Waals surface area contributed by atoms with Crippen LogP contribution in [-0.4, -0.2) is 48.2 Å². The van der Waals surface area contributed by atoms with E-state index in [2.05, 4.69) is 15.3 Å². The molecule has 1 unspecified atom stereocenters. The van der Waals surface area contributed by atoms with Crippen LogP contribution in [0.3, 0.4) is 0 Å². The minimum atomic E-state index is -0.327. The van der Waals surface area contributed by atoms with Gasteiger partial charge in [-0.15, -0.1) is 0 Å². The Balaban J connectivity index is 2.95. The first kappa shape index (κ1) is 17.7. The SMILES string of the molecule is CCN(CC)c1ncc(Cl)c(C(=O)N[C@@H](C)C(C)OC)n1. The largest absolute Gasteiger partial charge is 0.380 e. The van der Waals surface area contributed by atoms with Crippen molar-refractivity contribution in [1.82, 2.24) is 15.3 Å². The summed E-state index contributed by atoms with van der Waals surface area (Å²) in [6.07, 6.45) is 1.36. The van der Waals surface area contributed by atoms with Crippen LogP contribution in [0.15, 0.2) is 6.20 Å². The van der Waals surface area contributed by atoms with E-state index in [-0.39, 0.29) is 28.8 Å². The standard InChI is InChI=1S/C14H23ClN4O2/c1-6-19(7-2)14-16-8-11(15)12(18-14)13(20)17-9(3)10(4)21-5/h8-10H,6-7H2,1-5H3,(H,17,20)/t9-,10?/m0/s1. The van der Waals surface area contributed by atoms with Crippen molar-refractivity contribution in [3.63, 3.8) is 0 Å². The van der Waals surface area contributed by atoms with E-state index in [4.69, 9.17) is 16.3 Å². The molecule has 1 amide bonds. The highest BCUT2D eigenvalue weighted by molar-refractivity contribution is 6.33. The average Bonchev–Trinajstić information content (AvgIpc) is 2.48. The molecule has 1 aromatic rings. The maximum atomic E-state index is 12.3. The Labute approximate surface area is 130 Å². The van der Waals surface area contributed by atoms with Gasteiger partial charge in [0.25, 0.3) is 5.91 Å². The molecule has 118 valence electrons. The number of aromatic nitrogens is 2. The van der Waals surface area contributed by atoms with Crippen LogP contribution in [0.5, 0.6) is 0 Å². The van der Waals surface area contributed by atoms with E-state index in [9.17, 15) is 4.79 Å². The molecule has 0 aliphatic rings. The Morgan fingerprint density at radius 3 is 2.57 bits per heavy atom. The number of hydrogen-bond donors (Lipinski definition) is 1. The Morgan fingerprint density at radius 2 is 2.05 bits per heavy atom. The number of rotatable bonds is 7. The minimum Gasteiger partial charge on any atom is -0.380 e. The fourth-order valence-electron chi connectivity index (χ4n) is 1.77. The summed E-state index contributed by atoms with van der Waals surface area (Å²) >= 11 is 6.04. The third-order valence-electron chi connectivity index (χ3n) is 3.43. The van der Waals surface area contributed by atoms with Crippen LogP contribution in [0.1, 0.15) is 38.2 Å². The van der Waals surface area contributed by atoms with Gasteiger partial charge in [0.15, 0.2) is 5.69 Å². The number of nitrogens with zero attached hydrogens (tertiary/aromatic N) is 3. The molecule has 0 saturated carbocycles. The van der Waals surface area contributed by atoms with E-state index in [0.717, 1.165) is 13.1 Å². The van der Waals surface area contributed by atoms with E-state index < -0.39 is 0 Å². The second kappa shape index (κ2) is 8.14. The van der Waals surface area contributed by atoms with Gasteiger partial charge in [-0.25, -0.2) is 9.97 Å². The number of nitrogens with one attached hydrogen (secondary N) is 1. The first-order valence-corrected chi connectivity index (χ1v) is 7.43. The van der Waals surface area contributed by atoms with Crippen molar-refractivity contribution in [3.8, 4) is 0 Å². The van der Waals surface area contributed by atoms with Crippen LogP contribution < -0.4 is 10.2 Å². The number of anilines is 1. The van der Waals surface area contributed by atoms with Crippen LogP contribution >= 0.6 is 11.6 Å². The summed E-state index contributed by atoms with van der Waals surface area (Å²) in [4.78, 5) is 22.7. The predicted molar refractivity (Wildman–Crippen MR) is 84.0 cm³/mol. The van der Waals surface area contributed by atoms with Crippen LogP contribution in [0.4, 0.5) is 5.95 Å². The highest BCUT2D eigenvalue weighted by Gasteiger charge is 2.20. The molecule has 0 spiro atoms. The van der Waals surface area contributed by atoms with Gasteiger partial charge >= 0.3 is 0 Å². The molecule has 0 bridgehead atoms. The summed E-state index contributed by atoms with van der Waals surface area (Å²) in [5.41, 5.74) is 0.184. The molecule has 0 saturated heterocycles. The molecule has 21 heavy (non-hydrogen) atoms. The summed E-state index contributed by atoms with van der Waals surface area (Å²) in [7, 11) is 1.60. The van der Waals surface area contributed by atoms with Crippen LogP contribution in [-0.2, 0) is 4.74 Å². The quantitative estimate of drug-likeness (QED) is 0.835. The summed E-state index contributed by atoms with van der Waals surface area (Å²) in [5, 5.41) is 3.07. The minimum absolute atomic E-state index is 0.100. The molecule has 0 aliphatic carbocycles. The monoisotopic (exact) mass is 314 g/mol. The molecule has 0 aromatic carbocycles. The number of amides is 1. The molecule has 6 nitrogen and oxygen atoms in total. The van der Waals surface area contributed by atoms with E-state index in [1.54, 1.807) is 7.11 Å². The number of ether oxygens (including phenoxy) is 1. The predicted octanol–water partition coefficient (Wildman–Crippen LogP) is 2.13. The highest BCUT2D eigenvalue weighted by atomic mass is 35.5. The number of methoxy groups -OCH3 is 1. The molecule has 0 aliphatic heterocycles. The van der Waals surface area contributed by atoms with Gasteiger partial charge in [0.05, 0.1) is 23.4 Å². The maximum Gasteiger partial charge on any atom is 0.271 e. The van der Waals surface area contributed by atoms with Crippen LogP contribution in [0.25, 0.3) is 0 Å². The zero-order valence-corrected chi connectivity index (χ0v) is 13.9. The second-order valence-corrected chi connectivity index (χ2v) is 5.15. The average molecular weight is 315 g/mol. The fraction of sp³-hybridized carbons (Fsp3) is 0.643. The van der Waals surface area contributed by atoms with Gasteiger partial charge in [-0.2, -0.15) is 0 Å². The van der Waals surface area contributed by atoms with Gasteiger partial charge in [-0.1, -0.05) is 11.6 Å². The van der Waals surface area contributed by atoms with E-state index in [1.165, 1.54) is 6.20 Å². The highest BCUT2D eigenvalue weighted by Crippen LogP contribution is 2.16. The molecule has 1 rings (SSSR count). The van der Waals surface area contributed by atoms with Gasteiger partial charge in [0, 0.05) is 20.2 Å². The van der Waals surface area contributed by atoms with E-state index in [1.807, 2.05) is 32.6 Å². The van der Waals surface area contributed by atoms with Crippen LogP contribution in [0, 0.1) is 0 Å². The number of halogens is 1. The third-order valence-corrected chi connectivity index (χ3v) is 3.70. The second-order valence-electron chi connectivity index (χ2n) is 4.74. The Morgan fingerprint density at radius 1 is 1.43 bits per heavy atom. The van der Waals surface area contributed by atoms with Crippen molar-refractivity contribution < 1.29 is 9.53 Å². The lowest BCUT2D eigenvalue weighted by atomic mass is 10.2. The molecule has 1 aromatic heterocycles. The molecule has 0 radical (unpaired) electrons. The molecule has 1 heterocycles. The van der Waals surface area contributed by atoms with Crippen molar-refractivity contribution in [2.75, 3.05) is 25.1 Å². The van der Waals surface area contributed by atoms with Crippen molar-refractivity contribution in [2.45, 2.75) is 39.8 Å². The first-order valence-electron chi connectivity index (χ1n) is 7.05.